The van der Waals surface area contributed by atoms with Crippen LogP contribution in [0.25, 0.3) is 10.9 Å². The first-order valence-corrected chi connectivity index (χ1v) is 24.2. The molecular weight excluding hydrogens is 841 g/mol. The SMILES string of the molecule is CCC1(O)CC2CN(CCc3c([nH]c4ccccc34)[C@@](COC=O)(c3cc4c(cc3CO)N(C)C3C45CCN4CC=C[C@](CC)(C45)[C@@H](O)[C@]3(O)C(=O)NCCCOC(=O)C(N)C(C)C)C2)C1. The van der Waals surface area contributed by atoms with Crippen LogP contribution in [-0.4, -0.2) is 149 Å². The van der Waals surface area contributed by atoms with Gasteiger partial charge in [0.05, 0.1) is 30.3 Å². The third-order valence-electron chi connectivity index (χ3n) is 17.1. The van der Waals surface area contributed by atoms with Crippen LogP contribution in [0.1, 0.15) is 94.2 Å². The summed E-state index contributed by atoms with van der Waals surface area (Å²) in [6, 6.07) is 10.4. The van der Waals surface area contributed by atoms with Crippen molar-refractivity contribution in [1.82, 2.24) is 20.1 Å². The van der Waals surface area contributed by atoms with E-state index in [4.69, 9.17) is 15.2 Å². The van der Waals surface area contributed by atoms with Crippen molar-refractivity contribution in [2.75, 3.05) is 64.4 Å². The molecule has 2 saturated heterocycles. The number of para-hydroxylation sites is 1. The number of fused-ring (bicyclic) bond motifs is 6. The Balaban J connectivity index is 1.21. The van der Waals surface area contributed by atoms with Gasteiger partial charge in [0.25, 0.3) is 12.4 Å². The molecule has 66 heavy (non-hydrogen) atoms. The van der Waals surface area contributed by atoms with Gasteiger partial charge in [-0.15, -0.1) is 0 Å². The maximum atomic E-state index is 14.9. The Kier molecular flexibility index (Phi) is 12.3. The summed E-state index contributed by atoms with van der Waals surface area (Å²) >= 11 is 0. The standard InChI is InChI=1S/C51H70N6O9/c1-6-47(63)24-32-25-49(29-65-30-59,41-35(14-19-56(26-32)28-47)34-12-8-9-13-38(34)54-41)36-23-37-39(22-33(36)27-58)55(5)44-50(37)16-20-57-18-10-15-48(7-2,43(50)57)45(61)51(44,64)46(62)53-17-11-21-66-42(60)40(52)31(3)4/h8-10,12-13,15,22-23,30-32,40,43-45,54,58,61,63-64H,6-7,11,14,16-21,24-29,52H2,1-5H3,(H,53,62)/t32?,40?,43?,44?,45-,47?,48-,49+,50?,51+/m1/s1. The number of benzene rings is 2. The lowest BCUT2D eigenvalue weighted by Gasteiger charge is -2.63. The lowest BCUT2D eigenvalue weighted by molar-refractivity contribution is -0.203. The fourth-order valence-corrected chi connectivity index (χ4v) is 14.1. The van der Waals surface area contributed by atoms with Crippen molar-refractivity contribution in [3.05, 3.63) is 76.5 Å². The van der Waals surface area contributed by atoms with E-state index in [1.165, 1.54) is 0 Å². The number of amides is 1. The van der Waals surface area contributed by atoms with Crippen LogP contribution < -0.4 is 16.0 Å². The van der Waals surface area contributed by atoms with Gasteiger partial charge in [-0.2, -0.15) is 0 Å². The first-order chi connectivity index (χ1) is 31.6. The second-order valence-electron chi connectivity index (χ2n) is 20.9. The first-order valence-electron chi connectivity index (χ1n) is 24.2. The van der Waals surface area contributed by atoms with Crippen molar-refractivity contribution in [3.8, 4) is 0 Å². The van der Waals surface area contributed by atoms with Gasteiger partial charge in [0.2, 0.25) is 0 Å². The van der Waals surface area contributed by atoms with Crippen molar-refractivity contribution < 1.29 is 44.3 Å². The number of nitrogens with zero attached hydrogens (tertiary/aromatic N) is 3. The smallest absolute Gasteiger partial charge is 0.323 e. The van der Waals surface area contributed by atoms with E-state index in [0.29, 0.717) is 70.2 Å². The molecule has 3 aromatic rings. The molecule has 9 rings (SSSR count). The van der Waals surface area contributed by atoms with E-state index in [-0.39, 0.29) is 50.7 Å². The maximum Gasteiger partial charge on any atom is 0.323 e. The number of aliphatic hydroxyl groups is 4. The van der Waals surface area contributed by atoms with Crippen LogP contribution in [0.15, 0.2) is 48.6 Å². The molecular formula is C51H70N6O9. The second-order valence-corrected chi connectivity index (χ2v) is 20.9. The zero-order valence-electron chi connectivity index (χ0n) is 39.2. The Hall–Kier alpha value is -4.35. The number of H-pyrrole nitrogens is 1. The van der Waals surface area contributed by atoms with Gasteiger partial charge in [0.15, 0.2) is 5.60 Å². The molecule has 1 saturated carbocycles. The number of nitrogens with one attached hydrogen (secondary N) is 2. The van der Waals surface area contributed by atoms with Crippen LogP contribution in [0.2, 0.25) is 0 Å². The quantitative estimate of drug-likeness (QED) is 0.0538. The number of aromatic amines is 1. The van der Waals surface area contributed by atoms with Crippen molar-refractivity contribution >= 4 is 34.9 Å². The molecule has 15 heteroatoms. The Morgan fingerprint density at radius 2 is 1.86 bits per heavy atom. The number of aliphatic hydroxyl groups excluding tert-OH is 2. The van der Waals surface area contributed by atoms with E-state index in [1.54, 1.807) is 0 Å². The van der Waals surface area contributed by atoms with E-state index >= 15 is 0 Å². The van der Waals surface area contributed by atoms with E-state index in [9.17, 15) is 34.8 Å². The van der Waals surface area contributed by atoms with Crippen molar-refractivity contribution in [2.45, 2.75) is 126 Å². The summed E-state index contributed by atoms with van der Waals surface area (Å²) in [6.45, 7) is 11.3. The van der Waals surface area contributed by atoms with Crippen LogP contribution in [-0.2, 0) is 47.7 Å². The predicted molar refractivity (Wildman–Crippen MR) is 250 cm³/mol. The summed E-state index contributed by atoms with van der Waals surface area (Å²) in [5, 5.41) is 53.9. The molecule has 1 spiro atoms. The summed E-state index contributed by atoms with van der Waals surface area (Å²) in [5.74, 6) is -1.34. The molecule has 6 heterocycles. The number of likely N-dealkylation sites (N-methyl/N-ethyl adjacent to an activating group) is 1. The fraction of sp³-hybridized carbons (Fsp3) is 0.627. The summed E-state index contributed by atoms with van der Waals surface area (Å²) in [5.41, 5.74) is 5.83. The first kappa shape index (κ1) is 46.7. The molecule has 3 fully saturated rings. The molecule has 2 aromatic carbocycles. The second kappa shape index (κ2) is 17.3. The van der Waals surface area contributed by atoms with Gasteiger partial charge < -0.3 is 50.8 Å². The number of aromatic nitrogens is 1. The molecule has 7 unspecified atom stereocenters. The van der Waals surface area contributed by atoms with E-state index in [2.05, 4.69) is 38.3 Å². The molecule has 8 N–H and O–H groups in total. The average Bonchev–Trinajstić information content (AvgIpc) is 3.98. The Labute approximate surface area is 387 Å². The summed E-state index contributed by atoms with van der Waals surface area (Å²) < 4.78 is 11.4. The van der Waals surface area contributed by atoms with Gasteiger partial charge in [-0.25, -0.2) is 0 Å². The molecule has 6 aliphatic rings. The van der Waals surface area contributed by atoms with Crippen LogP contribution in [0, 0.1) is 17.3 Å². The molecule has 1 aliphatic carbocycles. The lowest BCUT2D eigenvalue weighted by Crippen LogP contribution is -2.81. The zero-order chi connectivity index (χ0) is 47.0. The number of piperidine rings is 1. The van der Waals surface area contributed by atoms with Crippen molar-refractivity contribution in [2.24, 2.45) is 23.0 Å². The van der Waals surface area contributed by atoms with Crippen LogP contribution in [0.5, 0.6) is 0 Å². The number of esters is 1. The molecule has 5 aliphatic heterocycles. The minimum absolute atomic E-state index is 0.0167. The Morgan fingerprint density at radius 1 is 1.08 bits per heavy atom. The van der Waals surface area contributed by atoms with Gasteiger partial charge in [0.1, 0.15) is 18.8 Å². The number of carbonyl (C=O) groups excluding carboxylic acids is 3. The summed E-state index contributed by atoms with van der Waals surface area (Å²) in [4.78, 5) is 50.4. The number of ether oxygens (including phenoxy) is 2. The summed E-state index contributed by atoms with van der Waals surface area (Å²) in [6.07, 6.45) is 6.18. The highest BCUT2D eigenvalue weighted by atomic mass is 16.5. The average molecular weight is 911 g/mol. The van der Waals surface area contributed by atoms with Crippen molar-refractivity contribution in [1.29, 1.82) is 0 Å². The minimum Gasteiger partial charge on any atom is -0.467 e. The number of hydrogen-bond acceptors (Lipinski definition) is 13. The highest BCUT2D eigenvalue weighted by molar-refractivity contribution is 5.91. The molecule has 1 aromatic heterocycles. The topological polar surface area (TPSA) is 214 Å². The number of rotatable bonds is 14. The lowest BCUT2D eigenvalue weighted by atomic mass is 9.47. The molecule has 2 bridgehead atoms. The molecule has 11 atom stereocenters. The van der Waals surface area contributed by atoms with Gasteiger partial charge in [0, 0.05) is 78.9 Å². The zero-order valence-corrected chi connectivity index (χ0v) is 39.2. The molecule has 15 nitrogen and oxygen atoms in total. The highest BCUT2D eigenvalue weighted by Gasteiger charge is 2.78. The largest absolute Gasteiger partial charge is 0.467 e. The minimum atomic E-state index is -2.33. The number of hydrogen-bond donors (Lipinski definition) is 7. The van der Waals surface area contributed by atoms with Gasteiger partial charge in [-0.1, -0.05) is 64.1 Å². The summed E-state index contributed by atoms with van der Waals surface area (Å²) in [7, 11) is 1.87. The van der Waals surface area contributed by atoms with Crippen molar-refractivity contribution in [3.63, 3.8) is 0 Å². The van der Waals surface area contributed by atoms with Crippen LogP contribution in [0.4, 0.5) is 5.69 Å². The predicted octanol–water partition coefficient (Wildman–Crippen LogP) is 2.76. The molecule has 1 amide bonds. The fourth-order valence-electron chi connectivity index (χ4n) is 14.1. The highest BCUT2D eigenvalue weighted by Crippen LogP contribution is 2.67. The van der Waals surface area contributed by atoms with Crippen LogP contribution >= 0.6 is 0 Å². The number of carbonyl (C=O) groups is 3. The Morgan fingerprint density at radius 3 is 2.59 bits per heavy atom. The van der Waals surface area contributed by atoms with Crippen LogP contribution in [0.3, 0.4) is 0 Å². The normalized spacial score (nSPS) is 35.0. The van der Waals surface area contributed by atoms with Gasteiger partial charge in [-0.3, -0.25) is 24.2 Å². The molecule has 358 valence electrons. The van der Waals surface area contributed by atoms with Gasteiger partial charge >= 0.3 is 5.97 Å². The van der Waals surface area contributed by atoms with E-state index < -0.39 is 57.5 Å². The Bertz CT molecular complexity index is 2390. The van der Waals surface area contributed by atoms with E-state index in [0.717, 1.165) is 52.1 Å². The monoisotopic (exact) mass is 911 g/mol. The third kappa shape index (κ3) is 6.88. The number of anilines is 1. The molecule has 0 radical (unpaired) electrons. The third-order valence-corrected chi connectivity index (χ3v) is 17.1. The maximum absolute atomic E-state index is 14.9. The number of nitrogens with two attached hydrogens (primary N) is 1. The van der Waals surface area contributed by atoms with E-state index in [1.807, 2.05) is 70.0 Å². The van der Waals surface area contributed by atoms with Gasteiger partial charge in [-0.05, 0) is 97.7 Å².